The number of rotatable bonds is 7. The molecule has 1 heterocycles. The average Bonchev–Trinajstić information content (AvgIpc) is 2.64. The molecule has 5 heteroatoms. The zero-order chi connectivity index (χ0) is 20.8. The second-order valence-corrected chi connectivity index (χ2v) is 10.9. The number of halogens is 1. The van der Waals surface area contributed by atoms with Crippen molar-refractivity contribution in [2.75, 3.05) is 13.1 Å². The molecule has 1 aromatic carbocycles. The van der Waals surface area contributed by atoms with Gasteiger partial charge in [-0.15, -0.1) is 0 Å². The van der Waals surface area contributed by atoms with Gasteiger partial charge < -0.3 is 14.7 Å². The van der Waals surface area contributed by atoms with E-state index in [1.165, 1.54) is 5.56 Å². The number of aliphatic hydroxyl groups is 1. The normalized spacial score (nSPS) is 19.1. The summed E-state index contributed by atoms with van der Waals surface area (Å²) in [6, 6.07) is 10.5. The highest BCUT2D eigenvalue weighted by Crippen LogP contribution is 2.51. The summed E-state index contributed by atoms with van der Waals surface area (Å²) in [4.78, 5) is 14.3. The molecule has 1 N–H and O–H groups in total. The maximum Gasteiger partial charge on any atom is 0.410 e. The van der Waals surface area contributed by atoms with E-state index in [9.17, 15) is 9.90 Å². The lowest BCUT2D eigenvalue weighted by atomic mass is 9.69. The fraction of sp³-hybridized carbons (Fsp3) is 0.696. The lowest BCUT2D eigenvalue weighted by molar-refractivity contribution is -0.0520. The molecule has 1 unspecified atom stereocenters. The van der Waals surface area contributed by atoms with E-state index in [1.54, 1.807) is 4.90 Å². The van der Waals surface area contributed by atoms with Crippen molar-refractivity contribution in [2.24, 2.45) is 5.41 Å². The summed E-state index contributed by atoms with van der Waals surface area (Å²) in [5, 5.41) is 11.5. The van der Waals surface area contributed by atoms with Crippen molar-refractivity contribution in [3.63, 3.8) is 0 Å². The van der Waals surface area contributed by atoms with Crippen LogP contribution >= 0.6 is 22.6 Å². The quantitative estimate of drug-likeness (QED) is 0.371. The molecule has 1 aliphatic heterocycles. The van der Waals surface area contributed by atoms with Gasteiger partial charge in [0.2, 0.25) is 0 Å². The topological polar surface area (TPSA) is 49.8 Å². The first-order valence-electron chi connectivity index (χ1n) is 10.5. The monoisotopic (exact) mass is 501 g/mol. The average molecular weight is 501 g/mol. The first-order valence-corrected chi connectivity index (χ1v) is 11.6. The van der Waals surface area contributed by atoms with Gasteiger partial charge in [0.05, 0.1) is 0 Å². The number of benzene rings is 1. The molecule has 1 saturated heterocycles. The maximum absolute atomic E-state index is 12.5. The zero-order valence-electron chi connectivity index (χ0n) is 17.8. The Morgan fingerprint density at radius 2 is 1.82 bits per heavy atom. The molecular formula is C23H36INO3. The Labute approximate surface area is 184 Å². The number of unbranched alkanes of at least 4 members (excludes halogenated alkanes) is 1. The van der Waals surface area contributed by atoms with E-state index in [1.807, 2.05) is 26.8 Å². The summed E-state index contributed by atoms with van der Waals surface area (Å²) in [7, 11) is 0. The third-order valence-corrected chi connectivity index (χ3v) is 7.47. The summed E-state index contributed by atoms with van der Waals surface area (Å²) in [6.45, 7) is 9.13. The summed E-state index contributed by atoms with van der Waals surface area (Å²) < 4.78 is 4.79. The molecule has 2 rings (SSSR count). The van der Waals surface area contributed by atoms with Crippen LogP contribution in [0.4, 0.5) is 4.79 Å². The fourth-order valence-corrected chi connectivity index (χ4v) is 5.16. The number of piperidine rings is 1. The van der Waals surface area contributed by atoms with Crippen LogP contribution in [0.25, 0.3) is 0 Å². The Hall–Kier alpha value is -0.820. The van der Waals surface area contributed by atoms with Crippen LogP contribution in [0, 0.1) is 5.41 Å². The maximum atomic E-state index is 12.5. The second-order valence-electron chi connectivity index (χ2n) is 9.10. The van der Waals surface area contributed by atoms with Crippen molar-refractivity contribution in [3.05, 3.63) is 35.9 Å². The molecule has 1 amide bonds. The van der Waals surface area contributed by atoms with Crippen LogP contribution in [0.1, 0.15) is 71.8 Å². The molecule has 0 radical (unpaired) electrons. The number of ether oxygens (including phenoxy) is 1. The summed E-state index contributed by atoms with van der Waals surface area (Å²) in [6.07, 6.45) is 6.14. The SMILES string of the molecule is CCCCC(O)(I)C1(CCc2ccccc2)CCN(C(=O)OC(C)(C)C)CC1. The molecule has 4 nitrogen and oxygen atoms in total. The van der Waals surface area contributed by atoms with Gasteiger partial charge in [0.15, 0.2) is 0 Å². The van der Waals surface area contributed by atoms with Gasteiger partial charge in [0, 0.05) is 18.5 Å². The van der Waals surface area contributed by atoms with Gasteiger partial charge in [-0.3, -0.25) is 0 Å². The van der Waals surface area contributed by atoms with Gasteiger partial charge in [-0.25, -0.2) is 4.79 Å². The smallest absolute Gasteiger partial charge is 0.410 e. The Morgan fingerprint density at radius 1 is 1.21 bits per heavy atom. The van der Waals surface area contributed by atoms with Gasteiger partial charge in [0.1, 0.15) is 9.21 Å². The molecule has 1 atom stereocenters. The number of hydrogen-bond donors (Lipinski definition) is 1. The predicted molar refractivity (Wildman–Crippen MR) is 123 cm³/mol. The minimum atomic E-state index is -0.754. The van der Waals surface area contributed by atoms with Gasteiger partial charge in [-0.1, -0.05) is 50.1 Å². The van der Waals surface area contributed by atoms with Crippen molar-refractivity contribution < 1.29 is 14.6 Å². The van der Waals surface area contributed by atoms with Crippen molar-refractivity contribution in [1.29, 1.82) is 0 Å². The number of alkyl halides is 1. The van der Waals surface area contributed by atoms with E-state index in [0.717, 1.165) is 44.9 Å². The third-order valence-electron chi connectivity index (χ3n) is 5.78. The molecule has 0 aliphatic carbocycles. The molecule has 0 aromatic heterocycles. The number of likely N-dealkylation sites (tertiary alicyclic amines) is 1. The fourth-order valence-electron chi connectivity index (χ4n) is 3.97. The van der Waals surface area contributed by atoms with Crippen LogP contribution in [0.2, 0.25) is 0 Å². The van der Waals surface area contributed by atoms with Crippen LogP contribution in [-0.2, 0) is 11.2 Å². The predicted octanol–water partition coefficient (Wildman–Crippen LogP) is 5.95. The molecular weight excluding hydrogens is 465 g/mol. The summed E-state index contributed by atoms with van der Waals surface area (Å²) in [5.41, 5.74) is 0.639. The van der Waals surface area contributed by atoms with E-state index in [4.69, 9.17) is 4.74 Å². The minimum absolute atomic E-state index is 0.183. The van der Waals surface area contributed by atoms with Gasteiger partial charge >= 0.3 is 6.09 Å². The zero-order valence-corrected chi connectivity index (χ0v) is 20.0. The highest BCUT2D eigenvalue weighted by Gasteiger charge is 2.49. The van der Waals surface area contributed by atoms with Crippen LogP contribution in [-0.4, -0.2) is 38.4 Å². The highest BCUT2D eigenvalue weighted by molar-refractivity contribution is 14.1. The highest BCUT2D eigenvalue weighted by atomic mass is 127. The summed E-state index contributed by atoms with van der Waals surface area (Å²) >= 11 is 2.28. The van der Waals surface area contributed by atoms with Crippen LogP contribution in [0.3, 0.4) is 0 Å². The number of aryl methyl sites for hydroxylation is 1. The Balaban J connectivity index is 2.11. The van der Waals surface area contributed by atoms with Gasteiger partial charge in [-0.2, -0.15) is 0 Å². The van der Waals surface area contributed by atoms with Crippen molar-refractivity contribution in [2.45, 2.75) is 81.8 Å². The minimum Gasteiger partial charge on any atom is -0.444 e. The van der Waals surface area contributed by atoms with Crippen molar-refractivity contribution in [1.82, 2.24) is 4.90 Å². The van der Waals surface area contributed by atoms with E-state index >= 15 is 0 Å². The first kappa shape index (κ1) is 23.5. The Morgan fingerprint density at radius 3 is 2.36 bits per heavy atom. The van der Waals surface area contributed by atoms with Crippen LogP contribution in [0.15, 0.2) is 30.3 Å². The molecule has 158 valence electrons. The molecule has 1 aromatic rings. The molecule has 0 saturated carbocycles. The Bertz CT molecular complexity index is 616. The molecule has 1 fully saturated rings. The van der Waals surface area contributed by atoms with Crippen molar-refractivity contribution in [3.8, 4) is 0 Å². The lowest BCUT2D eigenvalue weighted by Gasteiger charge is -2.49. The van der Waals surface area contributed by atoms with E-state index < -0.39 is 9.21 Å². The number of hydrogen-bond acceptors (Lipinski definition) is 3. The number of carbonyl (C=O) groups excluding carboxylic acids is 1. The third kappa shape index (κ3) is 6.34. The number of nitrogens with zero attached hydrogens (tertiary/aromatic N) is 1. The van der Waals surface area contributed by atoms with Crippen LogP contribution in [0.5, 0.6) is 0 Å². The molecule has 1 aliphatic rings. The first-order chi connectivity index (χ1) is 13.1. The van der Waals surface area contributed by atoms with E-state index in [-0.39, 0.29) is 11.5 Å². The lowest BCUT2D eigenvalue weighted by Crippen LogP contribution is -2.53. The number of carbonyl (C=O) groups is 1. The standard InChI is InChI=1S/C23H36INO3/c1-5-6-13-23(24,27)22(14-12-19-10-8-7-9-11-19)15-17-25(18-16-22)20(26)28-21(2,3)4/h7-11,27H,5-6,12-18H2,1-4H3. The molecule has 0 spiro atoms. The second kappa shape index (κ2) is 9.79. The van der Waals surface area contributed by atoms with E-state index in [0.29, 0.717) is 13.1 Å². The van der Waals surface area contributed by atoms with Crippen molar-refractivity contribution >= 4 is 28.7 Å². The Kier molecular flexibility index (Phi) is 8.20. The number of amides is 1. The molecule has 0 bridgehead atoms. The molecule has 28 heavy (non-hydrogen) atoms. The van der Waals surface area contributed by atoms with Crippen LogP contribution < -0.4 is 0 Å². The van der Waals surface area contributed by atoms with Gasteiger partial charge in [-0.05, 0) is 81.0 Å². The summed E-state index contributed by atoms with van der Waals surface area (Å²) in [5.74, 6) is 0. The van der Waals surface area contributed by atoms with E-state index in [2.05, 4.69) is 53.8 Å². The van der Waals surface area contributed by atoms with Gasteiger partial charge in [0.25, 0.3) is 0 Å². The largest absolute Gasteiger partial charge is 0.444 e.